The molecule has 0 aromatic heterocycles. The third kappa shape index (κ3) is 1.57. The highest BCUT2D eigenvalue weighted by Gasteiger charge is 2.35. The van der Waals surface area contributed by atoms with Gasteiger partial charge in [-0.15, -0.1) is 11.6 Å². The molecule has 0 aromatic carbocycles. The van der Waals surface area contributed by atoms with Crippen molar-refractivity contribution in [2.75, 3.05) is 0 Å². The van der Waals surface area contributed by atoms with E-state index >= 15 is 0 Å². The van der Waals surface area contributed by atoms with Crippen molar-refractivity contribution in [3.8, 4) is 0 Å². The summed E-state index contributed by atoms with van der Waals surface area (Å²) in [5.74, 6) is -0.237. The Balaban J connectivity index is 2.46. The van der Waals surface area contributed by atoms with Crippen LogP contribution in [0.25, 0.3) is 0 Å². The van der Waals surface area contributed by atoms with Gasteiger partial charge in [0.25, 0.3) is 0 Å². The van der Waals surface area contributed by atoms with Crippen LogP contribution in [-0.4, -0.2) is 16.9 Å². The molecule has 2 nitrogen and oxygen atoms in total. The molecular weight excluding hydrogens is 152 g/mol. The quantitative estimate of drug-likeness (QED) is 0.459. The van der Waals surface area contributed by atoms with E-state index in [2.05, 4.69) is 0 Å². The number of alkyl halides is 1. The van der Waals surface area contributed by atoms with Gasteiger partial charge in [0, 0.05) is 5.92 Å². The lowest BCUT2D eigenvalue weighted by Crippen LogP contribution is -2.23. The normalized spacial score (nSPS) is 20.2. The van der Waals surface area contributed by atoms with Gasteiger partial charge in [-0.2, -0.15) is 0 Å². The highest BCUT2D eigenvalue weighted by Crippen LogP contribution is 2.32. The lowest BCUT2D eigenvalue weighted by Gasteiger charge is -2.00. The summed E-state index contributed by atoms with van der Waals surface area (Å²) in [5.41, 5.74) is 0. The first-order chi connectivity index (χ1) is 4.63. The molecule has 0 heterocycles. The zero-order chi connectivity index (χ0) is 7.72. The third-order valence-corrected chi connectivity index (χ3v) is 2.11. The fraction of sp³-hybridized carbons (Fsp3) is 0.714. The van der Waals surface area contributed by atoms with Gasteiger partial charge in [-0.1, -0.05) is 0 Å². The summed E-state index contributed by atoms with van der Waals surface area (Å²) < 4.78 is 0. The predicted molar refractivity (Wildman–Crippen MR) is 38.1 cm³/mol. The molecule has 0 aliphatic heterocycles. The molecule has 1 fully saturated rings. The average molecular weight is 161 g/mol. The van der Waals surface area contributed by atoms with Crippen LogP contribution in [0.2, 0.25) is 0 Å². The number of hydrogen-bond acceptors (Lipinski definition) is 2. The fourth-order valence-electron chi connectivity index (χ4n) is 0.775. The molecule has 0 amide bonds. The van der Waals surface area contributed by atoms with Crippen LogP contribution in [0, 0.1) is 5.92 Å². The molecule has 3 heteroatoms. The summed E-state index contributed by atoms with van der Waals surface area (Å²) in [6, 6.07) is 0. The van der Waals surface area contributed by atoms with Crippen molar-refractivity contribution in [1.82, 2.24) is 0 Å². The van der Waals surface area contributed by atoms with E-state index in [-0.39, 0.29) is 17.5 Å². The molecule has 0 saturated heterocycles. The minimum Gasteiger partial charge on any atom is -0.298 e. The molecule has 0 bridgehead atoms. The van der Waals surface area contributed by atoms with Gasteiger partial charge >= 0.3 is 0 Å². The Morgan fingerprint density at radius 3 is 2.30 bits per heavy atom. The largest absolute Gasteiger partial charge is 0.298 e. The summed E-state index contributed by atoms with van der Waals surface area (Å²) in [5, 5.41) is -0.882. The number of carbonyl (C=O) groups is 2. The van der Waals surface area contributed by atoms with E-state index in [0.717, 1.165) is 12.8 Å². The first-order valence-corrected chi connectivity index (χ1v) is 3.75. The highest BCUT2D eigenvalue weighted by molar-refractivity contribution is 6.42. The molecule has 0 N–H and O–H groups in total. The Morgan fingerprint density at radius 1 is 1.50 bits per heavy atom. The molecule has 1 rings (SSSR count). The molecular formula is C7H9ClO2. The zero-order valence-electron chi connectivity index (χ0n) is 5.76. The number of rotatable bonds is 3. The molecule has 0 unspecified atom stereocenters. The standard InChI is InChI=1S/C7H9ClO2/c1-4(9)6(8)7(10)5-2-3-5/h5-6H,2-3H2,1H3/t6-/m0/s1. The predicted octanol–water partition coefficient (Wildman–Crippen LogP) is 1.16. The minimum atomic E-state index is -0.882. The molecule has 0 aromatic rings. The van der Waals surface area contributed by atoms with Crippen molar-refractivity contribution in [3.63, 3.8) is 0 Å². The summed E-state index contributed by atoms with van der Waals surface area (Å²) in [6.07, 6.45) is 1.82. The van der Waals surface area contributed by atoms with Gasteiger partial charge in [-0.25, -0.2) is 0 Å². The SMILES string of the molecule is CC(=O)[C@H](Cl)C(=O)C1CC1. The van der Waals surface area contributed by atoms with Crippen LogP contribution in [0.15, 0.2) is 0 Å². The molecule has 56 valence electrons. The van der Waals surface area contributed by atoms with E-state index in [4.69, 9.17) is 11.6 Å². The van der Waals surface area contributed by atoms with Crippen molar-refractivity contribution in [1.29, 1.82) is 0 Å². The Kier molecular flexibility index (Phi) is 2.09. The molecule has 1 aliphatic carbocycles. The van der Waals surface area contributed by atoms with E-state index in [1.165, 1.54) is 6.92 Å². The van der Waals surface area contributed by atoms with Crippen LogP contribution >= 0.6 is 11.6 Å². The molecule has 1 aliphatic rings. The van der Waals surface area contributed by atoms with E-state index in [1.807, 2.05) is 0 Å². The van der Waals surface area contributed by atoms with Crippen LogP contribution in [-0.2, 0) is 9.59 Å². The lowest BCUT2D eigenvalue weighted by atomic mass is 10.1. The second-order valence-electron chi connectivity index (χ2n) is 2.65. The Bertz CT molecular complexity index is 172. The molecule has 1 saturated carbocycles. The number of hydrogen-bond donors (Lipinski definition) is 0. The first-order valence-electron chi connectivity index (χ1n) is 3.31. The second-order valence-corrected chi connectivity index (χ2v) is 3.09. The van der Waals surface area contributed by atoms with E-state index in [9.17, 15) is 9.59 Å². The third-order valence-electron chi connectivity index (χ3n) is 1.59. The van der Waals surface area contributed by atoms with Gasteiger partial charge in [0.05, 0.1) is 0 Å². The minimum absolute atomic E-state index is 0.0887. The van der Waals surface area contributed by atoms with Gasteiger partial charge in [-0.3, -0.25) is 9.59 Å². The summed E-state index contributed by atoms with van der Waals surface area (Å²) >= 11 is 5.50. The van der Waals surface area contributed by atoms with Crippen LogP contribution in [0.1, 0.15) is 19.8 Å². The summed E-state index contributed by atoms with van der Waals surface area (Å²) in [6.45, 7) is 1.35. The zero-order valence-corrected chi connectivity index (χ0v) is 6.52. The summed E-state index contributed by atoms with van der Waals surface area (Å²) in [7, 11) is 0. The fourth-order valence-corrected chi connectivity index (χ4v) is 0.953. The van der Waals surface area contributed by atoms with Gasteiger partial charge in [-0.05, 0) is 19.8 Å². The van der Waals surface area contributed by atoms with Crippen molar-refractivity contribution >= 4 is 23.2 Å². The number of halogens is 1. The van der Waals surface area contributed by atoms with Crippen LogP contribution in [0.3, 0.4) is 0 Å². The molecule has 1 atom stereocenters. The van der Waals surface area contributed by atoms with E-state index < -0.39 is 5.38 Å². The Labute approximate surface area is 64.5 Å². The maximum atomic E-state index is 11.0. The van der Waals surface area contributed by atoms with E-state index in [1.54, 1.807) is 0 Å². The van der Waals surface area contributed by atoms with E-state index in [0.29, 0.717) is 0 Å². The average Bonchev–Trinajstić information content (AvgIpc) is 2.65. The number of ketones is 2. The van der Waals surface area contributed by atoms with Crippen LogP contribution < -0.4 is 0 Å². The van der Waals surface area contributed by atoms with Crippen molar-refractivity contribution in [3.05, 3.63) is 0 Å². The maximum Gasteiger partial charge on any atom is 0.161 e. The lowest BCUT2D eigenvalue weighted by molar-refractivity contribution is -0.126. The highest BCUT2D eigenvalue weighted by atomic mass is 35.5. The van der Waals surface area contributed by atoms with Gasteiger partial charge in [0.1, 0.15) is 0 Å². The smallest absolute Gasteiger partial charge is 0.161 e. The van der Waals surface area contributed by atoms with Crippen molar-refractivity contribution in [2.24, 2.45) is 5.92 Å². The van der Waals surface area contributed by atoms with Gasteiger partial charge in [0.2, 0.25) is 0 Å². The Morgan fingerprint density at radius 2 is 2.00 bits per heavy atom. The first kappa shape index (κ1) is 7.73. The second kappa shape index (κ2) is 2.70. The van der Waals surface area contributed by atoms with Gasteiger partial charge < -0.3 is 0 Å². The molecule has 0 spiro atoms. The molecule has 0 radical (unpaired) electrons. The van der Waals surface area contributed by atoms with Crippen LogP contribution in [0.4, 0.5) is 0 Å². The molecule has 10 heavy (non-hydrogen) atoms. The van der Waals surface area contributed by atoms with Crippen molar-refractivity contribution in [2.45, 2.75) is 25.1 Å². The topological polar surface area (TPSA) is 34.1 Å². The number of carbonyl (C=O) groups excluding carboxylic acids is 2. The van der Waals surface area contributed by atoms with Crippen molar-refractivity contribution < 1.29 is 9.59 Å². The maximum absolute atomic E-state index is 11.0. The Hall–Kier alpha value is -0.370. The summed E-state index contributed by atoms with van der Waals surface area (Å²) in [4.78, 5) is 21.6. The van der Waals surface area contributed by atoms with Gasteiger partial charge in [0.15, 0.2) is 16.9 Å². The van der Waals surface area contributed by atoms with Crippen LogP contribution in [0.5, 0.6) is 0 Å². The monoisotopic (exact) mass is 160 g/mol. The number of Topliss-reactive ketones (excluding diaryl/α,β-unsaturated/α-hetero) is 2.